The van der Waals surface area contributed by atoms with Gasteiger partial charge in [0.15, 0.2) is 0 Å². The lowest BCUT2D eigenvalue weighted by molar-refractivity contribution is -0.135. The average Bonchev–Trinajstić information content (AvgIpc) is 2.43. The number of ether oxygens (including phenoxy) is 1. The topological polar surface area (TPSA) is 26.3 Å². The SMILES string of the molecule is C=CCOC(=O)C(=C)c1cccc2ccccc12. The fraction of sp³-hybridized carbons (Fsp3) is 0.0625. The number of benzene rings is 2. The van der Waals surface area contributed by atoms with Gasteiger partial charge in [-0.3, -0.25) is 0 Å². The zero-order chi connectivity index (χ0) is 13.0. The van der Waals surface area contributed by atoms with E-state index in [0.29, 0.717) is 5.57 Å². The zero-order valence-corrected chi connectivity index (χ0v) is 10.1. The van der Waals surface area contributed by atoms with Crippen LogP contribution in [-0.2, 0) is 9.53 Å². The standard InChI is InChI=1S/C16H14O2/c1-3-11-18-16(17)12(2)14-10-6-8-13-7-4-5-9-15(13)14/h3-10H,1-2,11H2. The Morgan fingerprint density at radius 3 is 2.67 bits per heavy atom. The Labute approximate surface area is 106 Å². The Morgan fingerprint density at radius 1 is 1.17 bits per heavy atom. The Hall–Kier alpha value is -2.35. The molecule has 0 aliphatic rings. The molecule has 0 atom stereocenters. The molecular weight excluding hydrogens is 224 g/mol. The van der Waals surface area contributed by atoms with Crippen LogP contribution in [0.3, 0.4) is 0 Å². The molecule has 0 aromatic heterocycles. The number of hydrogen-bond donors (Lipinski definition) is 0. The van der Waals surface area contributed by atoms with Gasteiger partial charge in [-0.05, 0) is 16.3 Å². The van der Waals surface area contributed by atoms with E-state index in [1.165, 1.54) is 6.08 Å². The highest BCUT2D eigenvalue weighted by molar-refractivity contribution is 6.19. The maximum atomic E-state index is 11.8. The van der Waals surface area contributed by atoms with Crippen molar-refractivity contribution >= 4 is 22.3 Å². The molecule has 18 heavy (non-hydrogen) atoms. The summed E-state index contributed by atoms with van der Waals surface area (Å²) in [6.45, 7) is 7.52. The second-order valence-electron chi connectivity index (χ2n) is 3.89. The van der Waals surface area contributed by atoms with Crippen LogP contribution in [0.4, 0.5) is 0 Å². The number of hydrogen-bond acceptors (Lipinski definition) is 2. The predicted octanol–water partition coefficient (Wildman–Crippen LogP) is 3.58. The molecule has 2 heteroatoms. The van der Waals surface area contributed by atoms with Crippen LogP contribution in [0, 0.1) is 0 Å². The highest BCUT2D eigenvalue weighted by atomic mass is 16.5. The highest BCUT2D eigenvalue weighted by Crippen LogP contribution is 2.24. The summed E-state index contributed by atoms with van der Waals surface area (Å²) < 4.78 is 5.00. The van der Waals surface area contributed by atoms with Gasteiger partial charge in [-0.25, -0.2) is 4.79 Å². The predicted molar refractivity (Wildman–Crippen MR) is 74.1 cm³/mol. The summed E-state index contributed by atoms with van der Waals surface area (Å²) in [6, 6.07) is 13.7. The molecule has 0 spiro atoms. The van der Waals surface area contributed by atoms with Gasteiger partial charge in [0.1, 0.15) is 6.61 Å². The zero-order valence-electron chi connectivity index (χ0n) is 10.1. The molecule has 0 heterocycles. The van der Waals surface area contributed by atoms with Crippen LogP contribution < -0.4 is 0 Å². The summed E-state index contributed by atoms with van der Waals surface area (Å²) in [5, 5.41) is 2.08. The van der Waals surface area contributed by atoms with Crippen molar-refractivity contribution in [3.63, 3.8) is 0 Å². The third kappa shape index (κ3) is 2.33. The third-order valence-corrected chi connectivity index (χ3v) is 2.69. The second kappa shape index (κ2) is 5.32. The largest absolute Gasteiger partial charge is 0.458 e. The highest BCUT2D eigenvalue weighted by Gasteiger charge is 2.12. The van der Waals surface area contributed by atoms with E-state index in [1.54, 1.807) is 0 Å². The number of carbonyl (C=O) groups is 1. The molecule has 0 fully saturated rings. The first-order valence-electron chi connectivity index (χ1n) is 5.69. The smallest absolute Gasteiger partial charge is 0.338 e. The molecule has 0 radical (unpaired) electrons. The number of fused-ring (bicyclic) bond motifs is 1. The van der Waals surface area contributed by atoms with Crippen LogP contribution in [0.15, 0.2) is 61.7 Å². The summed E-state index contributed by atoms with van der Waals surface area (Å²) in [5.74, 6) is -0.411. The van der Waals surface area contributed by atoms with Crippen molar-refractivity contribution in [2.24, 2.45) is 0 Å². The van der Waals surface area contributed by atoms with Gasteiger partial charge >= 0.3 is 5.97 Å². The van der Waals surface area contributed by atoms with Crippen molar-refractivity contribution in [2.45, 2.75) is 0 Å². The van der Waals surface area contributed by atoms with E-state index >= 15 is 0 Å². The van der Waals surface area contributed by atoms with Crippen molar-refractivity contribution < 1.29 is 9.53 Å². The quantitative estimate of drug-likeness (QED) is 0.462. The molecule has 0 amide bonds. The summed E-state index contributed by atoms with van der Waals surface area (Å²) in [6.07, 6.45) is 1.54. The molecule has 0 unspecified atom stereocenters. The minimum atomic E-state index is -0.411. The fourth-order valence-electron chi connectivity index (χ4n) is 1.82. The van der Waals surface area contributed by atoms with E-state index in [0.717, 1.165) is 16.3 Å². The number of esters is 1. The molecule has 0 N–H and O–H groups in total. The first-order valence-corrected chi connectivity index (χ1v) is 5.69. The van der Waals surface area contributed by atoms with Gasteiger partial charge in [-0.1, -0.05) is 61.7 Å². The van der Waals surface area contributed by atoms with Crippen molar-refractivity contribution in [1.29, 1.82) is 0 Å². The lowest BCUT2D eigenvalue weighted by Crippen LogP contribution is -2.06. The van der Waals surface area contributed by atoms with Gasteiger partial charge in [0, 0.05) is 0 Å². The van der Waals surface area contributed by atoms with Gasteiger partial charge in [0.05, 0.1) is 5.57 Å². The molecule has 90 valence electrons. The average molecular weight is 238 g/mol. The molecule has 2 aromatic carbocycles. The van der Waals surface area contributed by atoms with E-state index in [1.807, 2.05) is 42.5 Å². The Balaban J connectivity index is 2.39. The summed E-state index contributed by atoms with van der Waals surface area (Å²) >= 11 is 0. The van der Waals surface area contributed by atoms with Gasteiger partial charge in [-0.15, -0.1) is 0 Å². The molecular formula is C16H14O2. The van der Waals surface area contributed by atoms with E-state index in [-0.39, 0.29) is 6.61 Å². The van der Waals surface area contributed by atoms with Crippen molar-refractivity contribution in [1.82, 2.24) is 0 Å². The Kier molecular flexibility index (Phi) is 3.58. The van der Waals surface area contributed by atoms with Crippen LogP contribution in [0.5, 0.6) is 0 Å². The third-order valence-electron chi connectivity index (χ3n) is 2.69. The molecule has 0 saturated carbocycles. The molecule has 0 aliphatic heterocycles. The minimum Gasteiger partial charge on any atom is -0.458 e. The fourth-order valence-corrected chi connectivity index (χ4v) is 1.82. The molecule has 2 aromatic rings. The maximum Gasteiger partial charge on any atom is 0.338 e. The van der Waals surface area contributed by atoms with Crippen LogP contribution in [-0.4, -0.2) is 12.6 Å². The van der Waals surface area contributed by atoms with Crippen molar-refractivity contribution in [2.75, 3.05) is 6.61 Å². The van der Waals surface area contributed by atoms with Gasteiger partial charge < -0.3 is 4.74 Å². The molecule has 0 bridgehead atoms. The first kappa shape index (κ1) is 12.1. The molecule has 2 nitrogen and oxygen atoms in total. The summed E-state index contributed by atoms with van der Waals surface area (Å²) in [4.78, 5) is 11.8. The number of carbonyl (C=O) groups excluding carboxylic acids is 1. The van der Waals surface area contributed by atoms with E-state index in [4.69, 9.17) is 4.74 Å². The summed E-state index contributed by atoms with van der Waals surface area (Å²) in [5.41, 5.74) is 1.18. The van der Waals surface area contributed by atoms with Crippen LogP contribution >= 0.6 is 0 Å². The molecule has 0 saturated heterocycles. The monoisotopic (exact) mass is 238 g/mol. The normalized spacial score (nSPS) is 10.0. The lowest BCUT2D eigenvalue weighted by atomic mass is 9.99. The molecule has 2 rings (SSSR count). The summed E-state index contributed by atoms with van der Waals surface area (Å²) in [7, 11) is 0. The van der Waals surface area contributed by atoms with Gasteiger partial charge in [0.2, 0.25) is 0 Å². The first-order chi connectivity index (χ1) is 8.74. The minimum absolute atomic E-state index is 0.197. The van der Waals surface area contributed by atoms with Crippen molar-refractivity contribution in [3.05, 3.63) is 67.3 Å². The van der Waals surface area contributed by atoms with Gasteiger partial charge in [-0.2, -0.15) is 0 Å². The lowest BCUT2D eigenvalue weighted by Gasteiger charge is -2.08. The molecule has 0 aliphatic carbocycles. The van der Waals surface area contributed by atoms with E-state index in [2.05, 4.69) is 13.2 Å². The maximum absolute atomic E-state index is 11.8. The van der Waals surface area contributed by atoms with Crippen LogP contribution in [0.1, 0.15) is 5.56 Å². The van der Waals surface area contributed by atoms with Crippen LogP contribution in [0.2, 0.25) is 0 Å². The second-order valence-corrected chi connectivity index (χ2v) is 3.89. The van der Waals surface area contributed by atoms with Gasteiger partial charge in [0.25, 0.3) is 0 Å². The Bertz CT molecular complexity index is 606. The van der Waals surface area contributed by atoms with Crippen LogP contribution in [0.25, 0.3) is 16.3 Å². The van der Waals surface area contributed by atoms with Crippen molar-refractivity contribution in [3.8, 4) is 0 Å². The Morgan fingerprint density at radius 2 is 1.89 bits per heavy atom. The number of rotatable bonds is 4. The van der Waals surface area contributed by atoms with E-state index in [9.17, 15) is 4.79 Å². The van der Waals surface area contributed by atoms with E-state index < -0.39 is 5.97 Å².